The van der Waals surface area contributed by atoms with Gasteiger partial charge in [-0.3, -0.25) is 9.36 Å². The van der Waals surface area contributed by atoms with E-state index in [9.17, 15) is 9.59 Å². The van der Waals surface area contributed by atoms with Gasteiger partial charge >= 0.3 is 5.76 Å². The summed E-state index contributed by atoms with van der Waals surface area (Å²) in [5.41, 5.74) is 2.27. The Morgan fingerprint density at radius 2 is 2.24 bits per heavy atom. The Hall–Kier alpha value is -2.83. The lowest BCUT2D eigenvalue weighted by Crippen LogP contribution is -2.41. The van der Waals surface area contributed by atoms with Crippen molar-refractivity contribution >= 4 is 17.0 Å². The number of rotatable bonds is 4. The molecule has 0 aliphatic carbocycles. The molecule has 0 saturated carbocycles. The lowest BCUT2D eigenvalue weighted by Gasteiger charge is -2.24. The van der Waals surface area contributed by atoms with Crippen LogP contribution in [-0.4, -0.2) is 26.1 Å². The Kier molecular flexibility index (Phi) is 3.91. The van der Waals surface area contributed by atoms with Crippen molar-refractivity contribution in [2.24, 2.45) is 0 Å². The highest BCUT2D eigenvalue weighted by Gasteiger charge is 2.21. The maximum atomic E-state index is 12.3. The largest absolute Gasteiger partial charge is 0.419 e. The molecule has 1 aliphatic heterocycles. The van der Waals surface area contributed by atoms with Crippen LogP contribution in [0.25, 0.3) is 11.1 Å². The minimum atomic E-state index is -0.426. The average molecular weight is 340 g/mol. The minimum Gasteiger partial charge on any atom is -0.408 e. The average Bonchev–Trinajstić information content (AvgIpc) is 3.10. The van der Waals surface area contributed by atoms with Crippen LogP contribution < -0.4 is 11.1 Å². The Bertz CT molecular complexity index is 982. The van der Waals surface area contributed by atoms with E-state index < -0.39 is 5.76 Å². The van der Waals surface area contributed by atoms with Gasteiger partial charge in [-0.05, 0) is 25.5 Å². The number of nitrogens with one attached hydrogen (secondary N) is 1. The molecule has 1 aliphatic rings. The number of nitrogens with zero attached hydrogens (tertiary/aromatic N) is 3. The van der Waals surface area contributed by atoms with Crippen molar-refractivity contribution in [2.75, 3.05) is 0 Å². The molecule has 0 bridgehead atoms. The smallest absolute Gasteiger partial charge is 0.408 e. The fourth-order valence-corrected chi connectivity index (χ4v) is 3.44. The number of para-hydroxylation sites is 2. The predicted molar refractivity (Wildman–Crippen MR) is 92.3 cm³/mol. The molecule has 130 valence electrons. The topological polar surface area (TPSA) is 82.1 Å². The van der Waals surface area contributed by atoms with E-state index in [0.717, 1.165) is 36.4 Å². The first kappa shape index (κ1) is 15.7. The lowest BCUT2D eigenvalue weighted by atomic mass is 10.1. The van der Waals surface area contributed by atoms with E-state index in [2.05, 4.69) is 14.9 Å². The molecule has 1 atom stereocenters. The summed E-state index contributed by atoms with van der Waals surface area (Å²) in [6.45, 7) is 3.03. The lowest BCUT2D eigenvalue weighted by molar-refractivity contribution is -0.122. The fourth-order valence-electron chi connectivity index (χ4n) is 3.44. The van der Waals surface area contributed by atoms with E-state index in [4.69, 9.17) is 4.42 Å². The molecule has 4 rings (SSSR count). The predicted octanol–water partition coefficient (Wildman–Crippen LogP) is 1.62. The highest BCUT2D eigenvalue weighted by molar-refractivity contribution is 5.77. The second kappa shape index (κ2) is 6.23. The summed E-state index contributed by atoms with van der Waals surface area (Å²) in [4.78, 5) is 28.7. The molecule has 0 saturated heterocycles. The molecule has 3 aromatic rings. The van der Waals surface area contributed by atoms with Gasteiger partial charge in [-0.2, -0.15) is 0 Å². The third-order valence-electron chi connectivity index (χ3n) is 4.61. The van der Waals surface area contributed by atoms with Crippen LogP contribution in [0.15, 0.2) is 39.7 Å². The highest BCUT2D eigenvalue weighted by atomic mass is 16.4. The third kappa shape index (κ3) is 3.09. The second-order valence-electron chi connectivity index (χ2n) is 6.49. The Morgan fingerprint density at radius 3 is 3.12 bits per heavy atom. The van der Waals surface area contributed by atoms with Crippen LogP contribution in [0.2, 0.25) is 0 Å². The molecule has 0 radical (unpaired) electrons. The molecular weight excluding hydrogens is 320 g/mol. The summed E-state index contributed by atoms with van der Waals surface area (Å²) in [5.74, 6) is 0.604. The van der Waals surface area contributed by atoms with Gasteiger partial charge in [-0.25, -0.2) is 9.78 Å². The molecule has 0 spiro atoms. The van der Waals surface area contributed by atoms with Crippen molar-refractivity contribution in [1.82, 2.24) is 19.4 Å². The Labute approximate surface area is 144 Å². The zero-order valence-corrected chi connectivity index (χ0v) is 14.1. The summed E-state index contributed by atoms with van der Waals surface area (Å²) in [6.07, 6.45) is 4.02. The first-order valence-electron chi connectivity index (χ1n) is 8.50. The molecule has 1 aromatic carbocycles. The molecule has 7 heteroatoms. The number of oxazole rings is 1. The first-order valence-corrected chi connectivity index (χ1v) is 8.50. The van der Waals surface area contributed by atoms with E-state index in [1.165, 1.54) is 4.57 Å². The summed E-state index contributed by atoms with van der Waals surface area (Å²) in [7, 11) is 0. The number of imidazole rings is 1. The highest BCUT2D eigenvalue weighted by Crippen LogP contribution is 2.15. The second-order valence-corrected chi connectivity index (χ2v) is 6.49. The van der Waals surface area contributed by atoms with E-state index in [1.807, 2.05) is 31.3 Å². The van der Waals surface area contributed by atoms with Gasteiger partial charge in [0.15, 0.2) is 5.58 Å². The van der Waals surface area contributed by atoms with Crippen LogP contribution in [0.5, 0.6) is 0 Å². The molecule has 0 unspecified atom stereocenters. The van der Waals surface area contributed by atoms with E-state index in [1.54, 1.807) is 6.07 Å². The molecule has 2 aromatic heterocycles. The number of hydrogen-bond acceptors (Lipinski definition) is 4. The summed E-state index contributed by atoms with van der Waals surface area (Å²) >= 11 is 0. The molecule has 25 heavy (non-hydrogen) atoms. The molecule has 1 amide bonds. The van der Waals surface area contributed by atoms with Gasteiger partial charge in [0.1, 0.15) is 5.82 Å². The van der Waals surface area contributed by atoms with Crippen LogP contribution in [-0.2, 0) is 24.3 Å². The summed E-state index contributed by atoms with van der Waals surface area (Å²) < 4.78 is 8.80. The maximum absolute atomic E-state index is 12.3. The minimum absolute atomic E-state index is 0.0533. The van der Waals surface area contributed by atoms with Crippen LogP contribution in [0.4, 0.5) is 0 Å². The van der Waals surface area contributed by atoms with E-state index >= 15 is 0 Å². The van der Waals surface area contributed by atoms with Gasteiger partial charge in [0.25, 0.3) is 0 Å². The van der Waals surface area contributed by atoms with Crippen LogP contribution in [0.3, 0.4) is 0 Å². The number of amides is 1. The SMILES string of the molecule is Cc1cn2c(n1)CC[C@H](NC(=O)CCn1c(=O)oc3ccccc31)C2. The van der Waals surface area contributed by atoms with E-state index in [0.29, 0.717) is 12.1 Å². The zero-order chi connectivity index (χ0) is 17.4. The number of carbonyl (C=O) groups is 1. The van der Waals surface area contributed by atoms with Crippen molar-refractivity contribution in [1.29, 1.82) is 0 Å². The molecule has 0 fully saturated rings. The Balaban J connectivity index is 1.38. The van der Waals surface area contributed by atoms with Crippen molar-refractivity contribution in [3.63, 3.8) is 0 Å². The molecule has 7 nitrogen and oxygen atoms in total. The quantitative estimate of drug-likeness (QED) is 0.782. The molecular formula is C18H20N4O3. The van der Waals surface area contributed by atoms with Crippen molar-refractivity contribution in [2.45, 2.75) is 45.3 Å². The zero-order valence-electron chi connectivity index (χ0n) is 14.1. The van der Waals surface area contributed by atoms with Gasteiger partial charge in [0.05, 0.1) is 11.2 Å². The monoisotopic (exact) mass is 340 g/mol. The van der Waals surface area contributed by atoms with Gasteiger partial charge in [-0.15, -0.1) is 0 Å². The Morgan fingerprint density at radius 1 is 1.40 bits per heavy atom. The normalized spacial score (nSPS) is 16.8. The number of aryl methyl sites for hydroxylation is 3. The first-order chi connectivity index (χ1) is 12.1. The third-order valence-corrected chi connectivity index (χ3v) is 4.61. The van der Waals surface area contributed by atoms with Gasteiger partial charge in [0, 0.05) is 38.2 Å². The van der Waals surface area contributed by atoms with Crippen molar-refractivity contribution in [3.8, 4) is 0 Å². The maximum Gasteiger partial charge on any atom is 0.419 e. The van der Waals surface area contributed by atoms with Gasteiger partial charge in [0.2, 0.25) is 5.91 Å². The molecule has 3 heterocycles. The van der Waals surface area contributed by atoms with Crippen molar-refractivity contribution in [3.05, 3.63) is 52.5 Å². The summed E-state index contributed by atoms with van der Waals surface area (Å²) in [5, 5.41) is 3.07. The molecule has 1 N–H and O–H groups in total. The van der Waals surface area contributed by atoms with Crippen LogP contribution in [0.1, 0.15) is 24.4 Å². The number of fused-ring (bicyclic) bond motifs is 2. The van der Waals surface area contributed by atoms with E-state index in [-0.39, 0.29) is 18.4 Å². The standard InChI is InChI=1S/C18H20N4O3/c1-12-10-21-11-13(6-7-16(21)19-12)20-17(23)8-9-22-14-4-2-3-5-15(14)25-18(22)24/h2-5,10,13H,6-9,11H2,1H3,(H,20,23)/t13-/m0/s1. The number of aromatic nitrogens is 3. The fraction of sp³-hybridized carbons (Fsp3) is 0.389. The van der Waals surface area contributed by atoms with Gasteiger partial charge in [-0.1, -0.05) is 12.1 Å². The van der Waals surface area contributed by atoms with Crippen LogP contribution in [0, 0.1) is 6.92 Å². The number of carbonyl (C=O) groups excluding carboxylic acids is 1. The van der Waals surface area contributed by atoms with Crippen molar-refractivity contribution < 1.29 is 9.21 Å². The summed E-state index contributed by atoms with van der Waals surface area (Å²) in [6, 6.07) is 7.34. The number of benzene rings is 1. The van der Waals surface area contributed by atoms with Gasteiger partial charge < -0.3 is 14.3 Å². The number of hydrogen-bond donors (Lipinski definition) is 1. The van der Waals surface area contributed by atoms with Crippen LogP contribution >= 0.6 is 0 Å².